The maximum atomic E-state index is 11.8. The summed E-state index contributed by atoms with van der Waals surface area (Å²) < 4.78 is 18.1. The highest BCUT2D eigenvalue weighted by Gasteiger charge is 2.06. The van der Waals surface area contributed by atoms with E-state index in [4.69, 9.17) is 14.2 Å². The first kappa shape index (κ1) is 16.0. The van der Waals surface area contributed by atoms with E-state index in [0.29, 0.717) is 25.5 Å². The third-order valence-electron chi connectivity index (χ3n) is 3.74. The van der Waals surface area contributed by atoms with Gasteiger partial charge in [0.15, 0.2) is 0 Å². The third-order valence-corrected chi connectivity index (χ3v) is 3.74. The van der Waals surface area contributed by atoms with Crippen molar-refractivity contribution >= 4 is 11.0 Å². The molecule has 0 aliphatic heterocycles. The van der Waals surface area contributed by atoms with Crippen molar-refractivity contribution in [2.75, 3.05) is 20.3 Å². The fourth-order valence-electron chi connectivity index (χ4n) is 2.53. The van der Waals surface area contributed by atoms with Crippen LogP contribution in [0, 0.1) is 0 Å². The van der Waals surface area contributed by atoms with Gasteiger partial charge in [-0.2, -0.15) is 0 Å². The van der Waals surface area contributed by atoms with Crippen LogP contribution < -0.4 is 19.9 Å². The highest BCUT2D eigenvalue weighted by Crippen LogP contribution is 2.19. The first-order valence-electron chi connectivity index (χ1n) is 7.83. The molecule has 126 valence electrons. The molecule has 3 rings (SSSR count). The molecule has 0 unspecified atom stereocenters. The van der Waals surface area contributed by atoms with Crippen LogP contribution in [0.3, 0.4) is 0 Å². The van der Waals surface area contributed by atoms with Gasteiger partial charge in [0.2, 0.25) is 0 Å². The summed E-state index contributed by atoms with van der Waals surface area (Å²) in [5.74, 6) is 2.27. The minimum Gasteiger partial charge on any atom is -0.497 e. The molecule has 0 saturated carbocycles. The standard InChI is InChI=1S/C18H20N2O4/c1-3-20-17-12-15(8-9-16(17)19-18(20)21)24-11-10-23-14-6-4-13(22-2)5-7-14/h4-9,12H,3,10-11H2,1-2H3,(H,19,21). The summed E-state index contributed by atoms with van der Waals surface area (Å²) in [4.78, 5) is 14.6. The number of hydrogen-bond acceptors (Lipinski definition) is 4. The molecule has 1 N–H and O–H groups in total. The zero-order valence-electron chi connectivity index (χ0n) is 13.7. The molecule has 0 radical (unpaired) electrons. The number of aromatic amines is 1. The molecule has 3 aromatic rings. The SMILES string of the molecule is CCn1c(=O)[nH]c2ccc(OCCOc3ccc(OC)cc3)cc21. The number of rotatable bonds is 7. The van der Waals surface area contributed by atoms with Gasteiger partial charge >= 0.3 is 5.69 Å². The smallest absolute Gasteiger partial charge is 0.326 e. The van der Waals surface area contributed by atoms with E-state index < -0.39 is 0 Å². The molecule has 24 heavy (non-hydrogen) atoms. The van der Waals surface area contributed by atoms with Crippen molar-refractivity contribution in [1.82, 2.24) is 9.55 Å². The van der Waals surface area contributed by atoms with Crippen molar-refractivity contribution in [2.45, 2.75) is 13.5 Å². The van der Waals surface area contributed by atoms with E-state index in [2.05, 4.69) is 4.98 Å². The van der Waals surface area contributed by atoms with Crippen molar-refractivity contribution < 1.29 is 14.2 Å². The average molecular weight is 328 g/mol. The number of methoxy groups -OCH3 is 1. The second kappa shape index (κ2) is 7.12. The fourth-order valence-corrected chi connectivity index (χ4v) is 2.53. The number of aryl methyl sites for hydroxylation is 1. The molecule has 1 heterocycles. The van der Waals surface area contributed by atoms with Crippen molar-refractivity contribution in [3.8, 4) is 17.2 Å². The third kappa shape index (κ3) is 3.37. The number of nitrogens with one attached hydrogen (secondary N) is 1. The Hall–Kier alpha value is -2.89. The highest BCUT2D eigenvalue weighted by molar-refractivity contribution is 5.76. The minimum absolute atomic E-state index is 0.104. The summed E-state index contributed by atoms with van der Waals surface area (Å²) in [6.45, 7) is 3.39. The second-order valence-electron chi connectivity index (χ2n) is 5.23. The Morgan fingerprint density at radius 3 is 2.25 bits per heavy atom. The molecule has 0 saturated heterocycles. The van der Waals surface area contributed by atoms with Crippen LogP contribution in [0.5, 0.6) is 17.2 Å². The molecule has 6 nitrogen and oxygen atoms in total. The van der Waals surface area contributed by atoms with E-state index in [9.17, 15) is 4.79 Å². The van der Waals surface area contributed by atoms with Gasteiger partial charge in [0, 0.05) is 12.6 Å². The predicted molar refractivity (Wildman–Crippen MR) is 92.2 cm³/mol. The normalized spacial score (nSPS) is 10.8. The molecule has 0 bridgehead atoms. The van der Waals surface area contributed by atoms with Crippen molar-refractivity contribution in [2.24, 2.45) is 0 Å². The van der Waals surface area contributed by atoms with Crippen LogP contribution in [0.15, 0.2) is 47.3 Å². The summed E-state index contributed by atoms with van der Waals surface area (Å²) in [7, 11) is 1.63. The summed E-state index contributed by atoms with van der Waals surface area (Å²) in [5, 5.41) is 0. The lowest BCUT2D eigenvalue weighted by Crippen LogP contribution is -2.15. The monoisotopic (exact) mass is 328 g/mol. The summed E-state index contributed by atoms with van der Waals surface area (Å²) >= 11 is 0. The Kier molecular flexibility index (Phi) is 4.74. The first-order valence-corrected chi connectivity index (χ1v) is 7.83. The van der Waals surface area contributed by atoms with E-state index in [1.807, 2.05) is 49.4 Å². The maximum absolute atomic E-state index is 11.8. The van der Waals surface area contributed by atoms with Crippen LogP contribution in [0.4, 0.5) is 0 Å². The predicted octanol–water partition coefficient (Wildman–Crippen LogP) is 2.82. The van der Waals surface area contributed by atoms with Crippen LogP contribution >= 0.6 is 0 Å². The Balaban J connectivity index is 1.58. The van der Waals surface area contributed by atoms with Gasteiger partial charge in [-0.3, -0.25) is 4.57 Å². The lowest BCUT2D eigenvalue weighted by molar-refractivity contribution is 0.217. The second-order valence-corrected chi connectivity index (χ2v) is 5.23. The van der Waals surface area contributed by atoms with Gasteiger partial charge in [0.1, 0.15) is 30.5 Å². The quantitative estimate of drug-likeness (QED) is 0.677. The van der Waals surface area contributed by atoms with Crippen LogP contribution in [-0.2, 0) is 6.54 Å². The van der Waals surface area contributed by atoms with E-state index >= 15 is 0 Å². The number of benzene rings is 2. The highest BCUT2D eigenvalue weighted by atomic mass is 16.5. The number of nitrogens with zero attached hydrogens (tertiary/aromatic N) is 1. The molecule has 0 amide bonds. The molecular formula is C18H20N2O4. The zero-order chi connectivity index (χ0) is 16.9. The molecule has 6 heteroatoms. The van der Waals surface area contributed by atoms with Gasteiger partial charge in [-0.15, -0.1) is 0 Å². The number of ether oxygens (including phenoxy) is 3. The summed E-state index contributed by atoms with van der Waals surface area (Å²) in [6.07, 6.45) is 0. The van der Waals surface area contributed by atoms with Crippen LogP contribution in [0.1, 0.15) is 6.92 Å². The van der Waals surface area contributed by atoms with Crippen LogP contribution in [-0.4, -0.2) is 29.9 Å². The molecule has 2 aromatic carbocycles. The number of hydrogen-bond donors (Lipinski definition) is 1. The van der Waals surface area contributed by atoms with Gasteiger partial charge in [0.05, 0.1) is 18.1 Å². The van der Waals surface area contributed by atoms with E-state index in [0.717, 1.165) is 22.5 Å². The Morgan fingerprint density at radius 1 is 0.958 bits per heavy atom. The molecule has 0 aliphatic rings. The molecule has 0 aliphatic carbocycles. The number of H-pyrrole nitrogens is 1. The largest absolute Gasteiger partial charge is 0.497 e. The molecular weight excluding hydrogens is 308 g/mol. The van der Waals surface area contributed by atoms with Crippen LogP contribution in [0.2, 0.25) is 0 Å². The molecule has 0 spiro atoms. The van der Waals surface area contributed by atoms with Gasteiger partial charge in [-0.25, -0.2) is 4.79 Å². The summed E-state index contributed by atoms with van der Waals surface area (Å²) in [6, 6.07) is 13.0. The van der Waals surface area contributed by atoms with Crippen molar-refractivity contribution in [1.29, 1.82) is 0 Å². The van der Waals surface area contributed by atoms with Gasteiger partial charge in [-0.05, 0) is 43.3 Å². The minimum atomic E-state index is -0.104. The van der Waals surface area contributed by atoms with Crippen molar-refractivity contribution in [3.63, 3.8) is 0 Å². The zero-order valence-corrected chi connectivity index (χ0v) is 13.7. The lowest BCUT2D eigenvalue weighted by atomic mass is 10.3. The molecule has 0 fully saturated rings. The topological polar surface area (TPSA) is 65.5 Å². The van der Waals surface area contributed by atoms with Gasteiger partial charge in [0.25, 0.3) is 0 Å². The molecule has 0 atom stereocenters. The Bertz CT molecular complexity index is 865. The summed E-state index contributed by atoms with van der Waals surface area (Å²) in [5.41, 5.74) is 1.55. The number of fused-ring (bicyclic) bond motifs is 1. The first-order chi connectivity index (χ1) is 11.7. The van der Waals surface area contributed by atoms with E-state index in [1.54, 1.807) is 11.7 Å². The number of imidazole rings is 1. The fraction of sp³-hybridized carbons (Fsp3) is 0.278. The van der Waals surface area contributed by atoms with E-state index in [1.165, 1.54) is 0 Å². The average Bonchev–Trinajstić information content (AvgIpc) is 2.93. The van der Waals surface area contributed by atoms with Gasteiger partial charge < -0.3 is 19.2 Å². The Morgan fingerprint density at radius 2 is 1.58 bits per heavy atom. The molecule has 1 aromatic heterocycles. The Labute approximate surface area is 139 Å². The van der Waals surface area contributed by atoms with Crippen LogP contribution in [0.25, 0.3) is 11.0 Å². The maximum Gasteiger partial charge on any atom is 0.326 e. The van der Waals surface area contributed by atoms with Crippen molar-refractivity contribution in [3.05, 3.63) is 52.9 Å². The number of aromatic nitrogens is 2. The lowest BCUT2D eigenvalue weighted by Gasteiger charge is -2.09. The van der Waals surface area contributed by atoms with Gasteiger partial charge in [-0.1, -0.05) is 0 Å². The van der Waals surface area contributed by atoms with E-state index in [-0.39, 0.29) is 5.69 Å².